The fraction of sp³-hybridized carbons (Fsp3) is 0.627. The van der Waals surface area contributed by atoms with E-state index in [1.807, 2.05) is 172 Å². The van der Waals surface area contributed by atoms with Crippen molar-refractivity contribution in [3.05, 3.63) is 95.9 Å². The molecule has 0 aliphatic rings. The monoisotopic (exact) mass is 1340 g/mol. The van der Waals surface area contributed by atoms with Gasteiger partial charge in [-0.25, -0.2) is 16.8 Å². The fourth-order valence-electron chi connectivity index (χ4n) is 5.95. The van der Waals surface area contributed by atoms with E-state index in [0.29, 0.717) is 91.6 Å². The molecule has 0 aromatic heterocycles. The van der Waals surface area contributed by atoms with Crippen LogP contribution < -0.4 is 0 Å². The molecule has 93 heavy (non-hydrogen) atoms. The molecule has 0 aromatic rings. The lowest BCUT2D eigenvalue weighted by atomic mass is 9.91. The summed E-state index contributed by atoms with van der Waals surface area (Å²) in [6, 6.07) is 5.74. The molecular formula is C75H127N5O11S2. The topological polar surface area (TPSA) is 266 Å². The molecule has 0 bridgehead atoms. The average molecular weight is 1340 g/mol. The van der Waals surface area contributed by atoms with Crippen molar-refractivity contribution in [2.45, 2.75) is 209 Å². The summed E-state index contributed by atoms with van der Waals surface area (Å²) in [7, 11) is 2.01. The average Bonchev–Trinajstić information content (AvgIpc) is 1.78. The van der Waals surface area contributed by atoms with Crippen LogP contribution in [0.15, 0.2) is 95.9 Å². The van der Waals surface area contributed by atoms with Gasteiger partial charge in [-0.3, -0.25) is 33.6 Å². The molecule has 0 fully saturated rings. The van der Waals surface area contributed by atoms with Crippen molar-refractivity contribution in [3.8, 4) is 30.6 Å². The van der Waals surface area contributed by atoms with Gasteiger partial charge in [-0.15, -0.1) is 6.42 Å². The number of Topliss-reactive ketones (excluding diaryl/α,β-unsaturated/α-hetero) is 4. The Bertz CT molecular complexity index is 2710. The number of nitrogens with zero attached hydrogens (tertiary/aromatic N) is 5. The van der Waals surface area contributed by atoms with Gasteiger partial charge in [-0.1, -0.05) is 189 Å². The lowest BCUT2D eigenvalue weighted by Gasteiger charge is -2.12. The molecule has 0 saturated heterocycles. The van der Waals surface area contributed by atoms with Crippen molar-refractivity contribution in [1.82, 2.24) is 9.80 Å². The first kappa shape index (κ1) is 105. The van der Waals surface area contributed by atoms with E-state index in [2.05, 4.69) is 53.4 Å². The second-order valence-corrected chi connectivity index (χ2v) is 31.1. The number of hydrogen-bond acceptors (Lipinski definition) is 16. The number of terminal acetylenes is 1. The highest BCUT2D eigenvalue weighted by Crippen LogP contribution is 2.19. The second-order valence-electron chi connectivity index (χ2n) is 26.7. The fourth-order valence-corrected chi connectivity index (χ4v) is 7.40. The Labute approximate surface area is 568 Å². The van der Waals surface area contributed by atoms with Crippen molar-refractivity contribution in [2.24, 2.45) is 52.8 Å². The third-order valence-corrected chi connectivity index (χ3v) is 13.6. The summed E-state index contributed by atoms with van der Waals surface area (Å²) in [4.78, 5) is 80.9. The van der Waals surface area contributed by atoms with Crippen molar-refractivity contribution < 1.29 is 50.4 Å². The first-order valence-electron chi connectivity index (χ1n) is 31.8. The standard InChI is InChI=1S/C12H19NO.C11H17NO.2C10H19NO.C7H9NO.C7H12O.C7H10O.C6H12O2S.C5H10O2S/c1-9(2)6-11(14)10(8-13)7-12(3,4)5;1-8(2)5-10(7-12)11(13)6-9(3)4;2*1-9(2)8-10(12)6-5-7-11(3)4;1-3-6(5-8)7(9)4-2;2*1-4-7(8)5-6(2)3;1-4-9(7,8)5-6(2)3;1-4-8(6,7)5(2)3/h7,9H,6H2,1-5H3;5,8-9H,6H2,1-4H3;2*5-6,9H,7-8H2,1-4H3;3H,4H2,1-2H3;4,6H,1,5H2,2-3H3;1,6H,5H2,2-3H3;4,6H,1,5H2,2-3H3;4-5H,1H2,2-3H3/b10-7+;10-5+;2*6-5+;6-3+;;;;. The number of rotatable bonds is 29. The van der Waals surface area contributed by atoms with Gasteiger partial charge in [-0.05, 0) is 126 Å². The van der Waals surface area contributed by atoms with E-state index in [1.54, 1.807) is 52.0 Å². The van der Waals surface area contributed by atoms with Gasteiger partial charge in [0.25, 0.3) is 0 Å². The third-order valence-electron chi connectivity index (χ3n) is 10.2. The van der Waals surface area contributed by atoms with E-state index >= 15 is 0 Å². The molecule has 0 spiro atoms. The van der Waals surface area contributed by atoms with Crippen molar-refractivity contribution in [1.29, 1.82) is 15.8 Å². The van der Waals surface area contributed by atoms with Gasteiger partial charge in [0.05, 0.1) is 27.7 Å². The molecule has 0 atom stereocenters. The van der Waals surface area contributed by atoms with Gasteiger partial charge in [0, 0.05) is 68.9 Å². The van der Waals surface area contributed by atoms with Gasteiger partial charge in [-0.2, -0.15) is 15.8 Å². The predicted molar refractivity (Wildman–Crippen MR) is 391 cm³/mol. The Morgan fingerprint density at radius 1 is 0.505 bits per heavy atom. The summed E-state index contributed by atoms with van der Waals surface area (Å²) in [5.74, 6) is 5.43. The number of carbonyl (C=O) groups is 7. The number of nitriles is 3. The SMILES string of the molecule is C#CC(=O)CC(C)C.C/C=C(\C#N)C(=O)CC.C=CC(=O)CC(C)C.C=CS(=O)(=O)C(C)C.C=CS(=O)(=O)CC(C)C.CC(C)/C=C(\C#N)C(=O)CC(C)C.CC(C)CC(=O)/C(C#N)=C/C(C)(C)C.CC(C)CC(=O)/C=C/CN(C)C.CC(C)CC(=O)/C=C/CN(C)C. The zero-order chi connectivity index (χ0) is 75.6. The Balaban J connectivity index is -0.000000123. The molecule has 0 aliphatic carbocycles. The summed E-state index contributed by atoms with van der Waals surface area (Å²) in [5.41, 5.74) is 0.755. The molecule has 0 radical (unpaired) electrons. The predicted octanol–water partition coefficient (Wildman–Crippen LogP) is 15.9. The minimum atomic E-state index is -2.97. The summed E-state index contributed by atoms with van der Waals surface area (Å²) in [5, 5.41) is 27.5. The number of carbonyl (C=O) groups excluding carboxylic acids is 7. The summed E-state index contributed by atoms with van der Waals surface area (Å²) >= 11 is 0. The summed E-state index contributed by atoms with van der Waals surface area (Å²) < 4.78 is 42.5. The van der Waals surface area contributed by atoms with Crippen LogP contribution in [0.3, 0.4) is 0 Å². The van der Waals surface area contributed by atoms with Gasteiger partial charge in [0.1, 0.15) is 18.2 Å². The number of ketones is 7. The molecular weight excluding hydrogens is 1210 g/mol. The molecule has 0 rings (SSSR count). The largest absolute Gasteiger partial charge is 0.306 e. The van der Waals surface area contributed by atoms with Crippen molar-refractivity contribution >= 4 is 60.2 Å². The Morgan fingerprint density at radius 2 is 0.849 bits per heavy atom. The summed E-state index contributed by atoms with van der Waals surface area (Å²) in [6.45, 7) is 55.7. The van der Waals surface area contributed by atoms with E-state index in [4.69, 9.17) is 22.2 Å². The van der Waals surface area contributed by atoms with Gasteiger partial charge < -0.3 is 9.80 Å². The van der Waals surface area contributed by atoms with Crippen LogP contribution in [0.2, 0.25) is 0 Å². The Kier molecular flexibility index (Phi) is 71.2. The first-order valence-corrected chi connectivity index (χ1v) is 35.1. The van der Waals surface area contributed by atoms with Crippen LogP contribution in [0.1, 0.15) is 204 Å². The van der Waals surface area contributed by atoms with Crippen molar-refractivity contribution in [3.63, 3.8) is 0 Å². The van der Waals surface area contributed by atoms with Crippen LogP contribution >= 0.6 is 0 Å². The number of likely N-dealkylation sites (N-methyl/N-ethyl adjacent to an activating group) is 2. The van der Waals surface area contributed by atoms with Crippen LogP contribution in [0, 0.1) is 99.1 Å². The quantitative estimate of drug-likeness (QED) is 0.0291. The van der Waals surface area contributed by atoms with Crippen LogP contribution in [0.4, 0.5) is 0 Å². The number of hydrogen-bond donors (Lipinski definition) is 0. The smallest absolute Gasteiger partial charge is 0.205 e. The Hall–Kier alpha value is -6.54. The highest BCUT2D eigenvalue weighted by atomic mass is 32.2. The van der Waals surface area contributed by atoms with Gasteiger partial charge in [0.15, 0.2) is 54.4 Å². The van der Waals surface area contributed by atoms with E-state index in [9.17, 15) is 50.4 Å². The highest BCUT2D eigenvalue weighted by molar-refractivity contribution is 7.94. The van der Waals surface area contributed by atoms with Gasteiger partial charge in [0.2, 0.25) is 5.78 Å². The van der Waals surface area contributed by atoms with Crippen LogP contribution in [-0.2, 0) is 53.2 Å². The van der Waals surface area contributed by atoms with Crippen LogP contribution in [-0.4, -0.2) is 119 Å². The lowest BCUT2D eigenvalue weighted by molar-refractivity contribution is -0.116. The molecule has 0 aromatic carbocycles. The third kappa shape index (κ3) is 89.7. The second kappa shape index (κ2) is 62.9. The minimum Gasteiger partial charge on any atom is -0.306 e. The number of sulfone groups is 2. The normalized spacial score (nSPS) is 11.4. The summed E-state index contributed by atoms with van der Waals surface area (Å²) in [6.07, 6.45) is 22.2. The molecule has 16 nitrogen and oxygen atoms in total. The van der Waals surface area contributed by atoms with Crippen LogP contribution in [0.5, 0.6) is 0 Å². The highest BCUT2D eigenvalue weighted by Gasteiger charge is 2.16. The van der Waals surface area contributed by atoms with E-state index < -0.39 is 19.7 Å². The zero-order valence-corrected chi connectivity index (χ0v) is 64.4. The van der Waals surface area contributed by atoms with E-state index in [0.717, 1.165) is 23.9 Å². The molecule has 18 heteroatoms. The maximum atomic E-state index is 11.6. The van der Waals surface area contributed by atoms with Crippen molar-refractivity contribution in [2.75, 3.05) is 47.0 Å². The molecule has 0 heterocycles. The minimum absolute atomic E-state index is 0.0359. The molecule has 0 N–H and O–H groups in total. The van der Waals surface area contributed by atoms with Gasteiger partial charge >= 0.3 is 0 Å². The molecule has 0 saturated carbocycles. The molecule has 0 amide bonds. The first-order chi connectivity index (χ1) is 42.3. The molecule has 530 valence electrons. The zero-order valence-electron chi connectivity index (χ0n) is 62.8. The Morgan fingerprint density at radius 3 is 1.02 bits per heavy atom. The molecule has 0 unspecified atom stereocenters. The lowest BCUT2D eigenvalue weighted by Crippen LogP contribution is -2.11. The van der Waals surface area contributed by atoms with E-state index in [1.165, 1.54) is 12.2 Å². The molecule has 0 aliphatic heterocycles. The van der Waals surface area contributed by atoms with Crippen LogP contribution in [0.25, 0.3) is 0 Å². The maximum Gasteiger partial charge on any atom is 0.205 e. The van der Waals surface area contributed by atoms with E-state index in [-0.39, 0.29) is 74.3 Å². The number of allylic oxidation sites excluding steroid dienone is 9. The maximum absolute atomic E-state index is 11.6.